The molecule has 0 aromatic rings. The van der Waals surface area contributed by atoms with Crippen LogP contribution in [-0.2, 0) is 109 Å². The van der Waals surface area contributed by atoms with Crippen LogP contribution < -0.4 is 0 Å². The van der Waals surface area contributed by atoms with Crippen LogP contribution in [0.3, 0.4) is 0 Å². The molecule has 57 atom stereocenters. The molecular weight excluding hydrogens is 1700 g/mol. The summed E-state index contributed by atoms with van der Waals surface area (Å²) in [5.74, 6) is 0. The first-order valence-corrected chi connectivity index (χ1v) is 41.0. The van der Waals surface area contributed by atoms with Gasteiger partial charge < -0.3 is 257 Å². The molecule has 12 saturated heterocycles. The van der Waals surface area contributed by atoms with E-state index in [9.17, 15) is 148 Å². The molecule has 1 unspecified atom stereocenters. The fraction of sp³-hybridized carbons (Fsp3) is 1.00. The van der Waals surface area contributed by atoms with Crippen LogP contribution in [0.4, 0.5) is 0 Å². The minimum absolute atomic E-state index is 0.328. The van der Waals surface area contributed by atoms with Gasteiger partial charge >= 0.3 is 0 Å². The van der Waals surface area contributed by atoms with E-state index in [1.165, 1.54) is 41.5 Å². The predicted octanol–water partition coefficient (Wildman–Crippen LogP) is -17.9. The van der Waals surface area contributed by atoms with Gasteiger partial charge in [0.05, 0.1) is 94.6 Å². The fourth-order valence-corrected chi connectivity index (χ4v) is 16.9. The first-order valence-electron chi connectivity index (χ1n) is 41.0. The van der Waals surface area contributed by atoms with Crippen molar-refractivity contribution in [3.05, 3.63) is 0 Å². The van der Waals surface area contributed by atoms with Gasteiger partial charge in [0.2, 0.25) is 0 Å². The SMILES string of the molecule is C[C@@H]1OC(O)[C@H](O)[C@H](O)[C@H]1O[C@H]1O[C@H](CO)[C@@H](O)[C@H](O[C@H]2O[C@H](C)[C@H](O)C[C@H]2O)[C@@H]1O[C@H]1O[C@H](CO)[C@H](O)[C@H](O[C@@H]2O[C@@H](C)[C@@H](O[C@H]3O[C@H](CO)[C@@H](O)[C@H](O[C@H]4O[C@H](C)[C@H](O)C[C@H]4O)[C@@H]3O[C@H]3O[C@H](CO)[C@H](O)[C@H](O[C@@H]4O[C@@H](C)[C@H](O[C@H]5O[C@H](CO)[C@@H](O)[C@H](O[C@H]6O[C@H](C)[C@H](O)C[C@H]6O)[C@@H]5O[C@H]5O[C@H](CO)[C@H](O)[C@H](O)[C@H]5O)[C@@H](O)[C@H]4O)[C@H]3O)[C@@H](O)[C@@H]2O)[C@H]1O. The third-order valence-electron chi connectivity index (χ3n) is 24.5. The van der Waals surface area contributed by atoms with Crippen LogP contribution in [0.5, 0.6) is 0 Å². The molecule has 0 amide bonds. The number of hydrogen-bond acceptors (Lipinski definition) is 52. The average Bonchev–Trinajstić information content (AvgIpc) is 0.767. The number of ether oxygens (including phenoxy) is 23. The number of rotatable bonds is 28. The zero-order valence-corrected chi connectivity index (χ0v) is 67.6. The fourth-order valence-electron chi connectivity index (χ4n) is 16.9. The molecule has 0 saturated carbocycles. The summed E-state index contributed by atoms with van der Waals surface area (Å²) in [4.78, 5) is 0. The topological polar surface area (TPSA) is 799 Å². The summed E-state index contributed by atoms with van der Waals surface area (Å²) < 4.78 is 138. The van der Waals surface area contributed by atoms with Crippen molar-refractivity contribution in [3.8, 4) is 0 Å². The van der Waals surface area contributed by atoms with Gasteiger partial charge in [0.1, 0.15) is 220 Å². The molecule has 29 N–H and O–H groups in total. The lowest BCUT2D eigenvalue weighted by Crippen LogP contribution is -2.69. The standard InChI is InChI=1S/C72H122O52/c1-16-22(79)7-25(82)62(103-16)119-55-37(88)31(13-76)111-70(58(55)122-67-45(96)40(91)34(85)28(10-73)108-67)115-51-20(5)106-65(46(97)42(51)93)118-54-36(87)30(12-75)110-69(49(54)100)124-60-57(121-64-27(84)9-24(81)18(3)105-64)39(90)33(15-78)113-72(60)116-52-21(6)107-66(47(98)43(52)94)117-53-35(86)29(11-74)109-68(48(53)99)123-59-56(120-63-26(83)8-23(80)17(2)104-63)38(89)32(14-77)112-71(59)114-50-19(4)102-61(101)44(95)41(50)92/h16-101H,7-15H2,1-6H3/t16-,17-,18-,19+,20+,21+,22-,23-,24-,25-,26-,27-,28-,29-,30-,31-,32-,33-,34+,35+,36+,37-,38-,39-,40+,41+,42+,43+,44-,45-,46-,47+,48-,49-,50+,51+,52-,53+,54+,55+,56+,57+,58+,59+,60+,61?,62-,63-,64-,65+,66+,67-,68-,69-,70-,71-,72-/m1/s1. The second kappa shape index (κ2) is 43.1. The van der Waals surface area contributed by atoms with E-state index < -0.39 is 396 Å². The van der Waals surface area contributed by atoms with Crippen molar-refractivity contribution < 1.29 is 257 Å². The van der Waals surface area contributed by atoms with Gasteiger partial charge in [0.15, 0.2) is 75.5 Å². The van der Waals surface area contributed by atoms with E-state index in [4.69, 9.17) is 109 Å². The number of aliphatic hydroxyl groups excluding tert-OH is 29. The Morgan fingerprint density at radius 3 is 0.677 bits per heavy atom. The van der Waals surface area contributed by atoms with Gasteiger partial charge in [0, 0.05) is 19.3 Å². The van der Waals surface area contributed by atoms with Crippen molar-refractivity contribution >= 4 is 0 Å². The van der Waals surface area contributed by atoms with Crippen molar-refractivity contribution in [2.75, 3.05) is 39.6 Å². The molecule has 12 heterocycles. The van der Waals surface area contributed by atoms with Gasteiger partial charge in [-0.05, 0) is 41.5 Å². The van der Waals surface area contributed by atoms with Crippen LogP contribution in [-0.4, -0.2) is 538 Å². The van der Waals surface area contributed by atoms with Crippen LogP contribution in [0.1, 0.15) is 60.8 Å². The summed E-state index contributed by atoms with van der Waals surface area (Å²) in [6.07, 6.45) is -109. The van der Waals surface area contributed by atoms with Crippen molar-refractivity contribution in [1.82, 2.24) is 0 Å². The smallest absolute Gasteiger partial charge is 0.187 e. The van der Waals surface area contributed by atoms with Gasteiger partial charge in [-0.15, -0.1) is 0 Å². The van der Waals surface area contributed by atoms with Gasteiger partial charge in [-0.2, -0.15) is 0 Å². The number of aliphatic hydroxyl groups is 29. The molecule has 0 spiro atoms. The Morgan fingerprint density at radius 1 is 0.169 bits per heavy atom. The minimum atomic E-state index is -2.42. The molecule has 124 heavy (non-hydrogen) atoms. The van der Waals surface area contributed by atoms with Gasteiger partial charge in [-0.25, -0.2) is 0 Å². The molecule has 12 rings (SSSR count). The van der Waals surface area contributed by atoms with E-state index in [0.717, 1.165) is 0 Å². The summed E-state index contributed by atoms with van der Waals surface area (Å²) in [7, 11) is 0. The van der Waals surface area contributed by atoms with Crippen LogP contribution in [0.2, 0.25) is 0 Å². The van der Waals surface area contributed by atoms with Gasteiger partial charge in [-0.1, -0.05) is 0 Å². The third kappa shape index (κ3) is 21.3. The highest BCUT2D eigenvalue weighted by atomic mass is 16.8. The van der Waals surface area contributed by atoms with Crippen molar-refractivity contribution in [3.63, 3.8) is 0 Å². The molecule has 12 aliphatic heterocycles. The van der Waals surface area contributed by atoms with Crippen molar-refractivity contribution in [2.24, 2.45) is 0 Å². The van der Waals surface area contributed by atoms with Crippen LogP contribution in [0, 0.1) is 0 Å². The normalized spacial score (nSPS) is 55.0. The highest BCUT2D eigenvalue weighted by molar-refractivity contribution is 5.04. The highest BCUT2D eigenvalue weighted by Gasteiger charge is 2.63. The molecule has 52 heteroatoms. The Hall–Kier alpha value is -2.08. The summed E-state index contributed by atoms with van der Waals surface area (Å²) in [6.45, 7) is 1.64. The van der Waals surface area contributed by atoms with E-state index in [1.54, 1.807) is 0 Å². The average molecular weight is 1820 g/mol. The second-order valence-electron chi connectivity index (χ2n) is 33.2. The molecule has 0 radical (unpaired) electrons. The Morgan fingerprint density at radius 2 is 0.379 bits per heavy atom. The molecule has 722 valence electrons. The third-order valence-corrected chi connectivity index (χ3v) is 24.5. The largest absolute Gasteiger partial charge is 0.394 e. The minimum Gasteiger partial charge on any atom is -0.394 e. The zero-order valence-electron chi connectivity index (χ0n) is 67.6. The predicted molar refractivity (Wildman–Crippen MR) is 382 cm³/mol. The Bertz CT molecular complexity index is 3230. The molecule has 0 bridgehead atoms. The van der Waals surface area contributed by atoms with Crippen LogP contribution in [0.25, 0.3) is 0 Å². The van der Waals surface area contributed by atoms with Gasteiger partial charge in [-0.3, -0.25) is 0 Å². The van der Waals surface area contributed by atoms with E-state index in [2.05, 4.69) is 0 Å². The highest BCUT2D eigenvalue weighted by Crippen LogP contribution is 2.43. The van der Waals surface area contributed by atoms with Gasteiger partial charge in [0.25, 0.3) is 0 Å². The molecule has 0 aromatic carbocycles. The zero-order chi connectivity index (χ0) is 90.5. The molecule has 12 fully saturated rings. The van der Waals surface area contributed by atoms with E-state index in [1.807, 2.05) is 0 Å². The quantitative estimate of drug-likeness (QED) is 0.0346. The van der Waals surface area contributed by atoms with Crippen molar-refractivity contribution in [2.45, 2.75) is 411 Å². The first-order chi connectivity index (χ1) is 58.7. The molecule has 0 aliphatic carbocycles. The molecule has 0 aromatic heterocycles. The lowest BCUT2D eigenvalue weighted by atomic mass is 9.95. The number of hydrogen-bond donors (Lipinski definition) is 29. The van der Waals surface area contributed by atoms with E-state index in [0.29, 0.717) is 0 Å². The molecule has 12 aliphatic rings. The lowest BCUT2D eigenvalue weighted by molar-refractivity contribution is -0.416. The molecule has 52 nitrogen and oxygen atoms in total. The summed E-state index contributed by atoms with van der Waals surface area (Å²) in [5.41, 5.74) is 0. The lowest BCUT2D eigenvalue weighted by Gasteiger charge is -2.51. The maximum atomic E-state index is 12.4. The summed E-state index contributed by atoms with van der Waals surface area (Å²) >= 11 is 0. The monoisotopic (exact) mass is 1820 g/mol. The Balaban J connectivity index is 0.780. The Labute approximate surface area is 705 Å². The molecular formula is C72H122O52. The second-order valence-corrected chi connectivity index (χ2v) is 33.2. The summed E-state index contributed by atoms with van der Waals surface area (Å²) in [5, 5.41) is 325. The summed E-state index contributed by atoms with van der Waals surface area (Å²) in [6, 6.07) is 0. The maximum absolute atomic E-state index is 12.4. The first kappa shape index (κ1) is 101. The van der Waals surface area contributed by atoms with Crippen LogP contribution in [0.15, 0.2) is 0 Å². The van der Waals surface area contributed by atoms with Crippen LogP contribution >= 0.6 is 0 Å². The Kier molecular flexibility index (Phi) is 35.1. The van der Waals surface area contributed by atoms with E-state index >= 15 is 0 Å². The van der Waals surface area contributed by atoms with E-state index in [-0.39, 0.29) is 12.8 Å². The maximum Gasteiger partial charge on any atom is 0.187 e. The van der Waals surface area contributed by atoms with Crippen molar-refractivity contribution in [1.29, 1.82) is 0 Å².